The van der Waals surface area contributed by atoms with Crippen LogP contribution in [0.5, 0.6) is 0 Å². The molecule has 0 radical (unpaired) electrons. The first kappa shape index (κ1) is 11.1. The summed E-state index contributed by atoms with van der Waals surface area (Å²) in [6, 6.07) is 0. The van der Waals surface area contributed by atoms with Crippen LogP contribution in [0.15, 0.2) is 24.5 Å². The maximum absolute atomic E-state index is 11.7. The lowest BCUT2D eigenvalue weighted by Crippen LogP contribution is -2.15. The third-order valence-electron chi connectivity index (χ3n) is 1.08. The van der Waals surface area contributed by atoms with Gasteiger partial charge in [-0.25, -0.2) is 0 Å². The van der Waals surface area contributed by atoms with Crippen molar-refractivity contribution < 1.29 is 17.9 Å². The Morgan fingerprint density at radius 1 is 1.42 bits per heavy atom. The van der Waals surface area contributed by atoms with Crippen LogP contribution in [-0.4, -0.2) is 6.36 Å². The lowest BCUT2D eigenvalue weighted by atomic mass is 10.1. The molecule has 0 atom stereocenters. The third-order valence-corrected chi connectivity index (χ3v) is 1.08. The number of ether oxygens (including phenoxy) is 1. The van der Waals surface area contributed by atoms with E-state index in [1.54, 1.807) is 13.8 Å². The van der Waals surface area contributed by atoms with Crippen LogP contribution >= 0.6 is 0 Å². The van der Waals surface area contributed by atoms with Gasteiger partial charge in [-0.3, -0.25) is 0 Å². The molecule has 0 fully saturated rings. The van der Waals surface area contributed by atoms with Crippen LogP contribution in [0, 0.1) is 5.92 Å². The van der Waals surface area contributed by atoms with E-state index in [-0.39, 0.29) is 11.7 Å². The second-order valence-corrected chi connectivity index (χ2v) is 2.51. The highest BCUT2D eigenvalue weighted by Gasteiger charge is 2.32. The summed E-state index contributed by atoms with van der Waals surface area (Å²) in [5.74, 6) is -0.429. The van der Waals surface area contributed by atoms with Gasteiger partial charge in [0.25, 0.3) is 0 Å². The highest BCUT2D eigenvalue weighted by atomic mass is 19.4. The topological polar surface area (TPSA) is 9.23 Å². The number of alkyl halides is 3. The second kappa shape index (κ2) is 4.18. The van der Waals surface area contributed by atoms with Gasteiger partial charge in [0, 0.05) is 5.92 Å². The molecule has 0 aliphatic heterocycles. The number of hydrogen-bond acceptors (Lipinski definition) is 1. The molecular weight excluding hydrogens is 169 g/mol. The largest absolute Gasteiger partial charge is 0.572 e. The molecule has 0 spiro atoms. The lowest BCUT2D eigenvalue weighted by molar-refractivity contribution is -0.308. The summed E-state index contributed by atoms with van der Waals surface area (Å²) >= 11 is 0. The molecule has 0 aliphatic carbocycles. The average Bonchev–Trinajstić information content (AvgIpc) is 1.83. The lowest BCUT2D eigenvalue weighted by Gasteiger charge is -2.14. The number of halogens is 3. The van der Waals surface area contributed by atoms with E-state index < -0.39 is 6.36 Å². The van der Waals surface area contributed by atoms with Crippen molar-refractivity contribution in [2.75, 3.05) is 0 Å². The molecule has 0 rings (SSSR count). The fourth-order valence-corrected chi connectivity index (χ4v) is 0.594. The van der Waals surface area contributed by atoms with Crippen LogP contribution in [0.2, 0.25) is 0 Å². The Morgan fingerprint density at radius 3 is 2.17 bits per heavy atom. The summed E-state index contributed by atoms with van der Waals surface area (Å²) in [6.45, 7) is 6.51. The zero-order chi connectivity index (χ0) is 9.78. The van der Waals surface area contributed by atoms with Crippen molar-refractivity contribution in [2.45, 2.75) is 20.2 Å². The molecule has 0 aliphatic rings. The smallest absolute Gasteiger partial charge is 0.410 e. The van der Waals surface area contributed by atoms with E-state index >= 15 is 0 Å². The average molecular weight is 180 g/mol. The van der Waals surface area contributed by atoms with Crippen molar-refractivity contribution in [3.8, 4) is 0 Å². The van der Waals surface area contributed by atoms with Gasteiger partial charge in [-0.15, -0.1) is 13.2 Å². The second-order valence-electron chi connectivity index (χ2n) is 2.51. The van der Waals surface area contributed by atoms with Crippen LogP contribution in [0.3, 0.4) is 0 Å². The summed E-state index contributed by atoms with van der Waals surface area (Å²) in [4.78, 5) is 0. The van der Waals surface area contributed by atoms with E-state index in [0.717, 1.165) is 0 Å². The third kappa shape index (κ3) is 4.82. The van der Waals surface area contributed by atoms with E-state index in [1.807, 2.05) is 0 Å². The van der Waals surface area contributed by atoms with Gasteiger partial charge in [0.05, 0.1) is 0 Å². The van der Waals surface area contributed by atoms with Gasteiger partial charge in [-0.1, -0.05) is 26.5 Å². The van der Waals surface area contributed by atoms with Crippen LogP contribution in [-0.2, 0) is 4.74 Å². The van der Waals surface area contributed by atoms with Gasteiger partial charge in [-0.2, -0.15) is 0 Å². The molecule has 0 N–H and O–H groups in total. The van der Waals surface area contributed by atoms with E-state index in [2.05, 4.69) is 11.3 Å². The zero-order valence-corrected chi connectivity index (χ0v) is 6.98. The molecule has 0 heterocycles. The van der Waals surface area contributed by atoms with Gasteiger partial charge < -0.3 is 4.74 Å². The standard InChI is InChI=1S/C8H11F3O/c1-4-5-7(6(2)3)12-8(9,10)11/h4-6H,1H2,2-3H3/b7-5+. The summed E-state index contributed by atoms with van der Waals surface area (Å²) in [5, 5.41) is 0. The SMILES string of the molecule is C=C/C=C(/OC(F)(F)F)C(C)C. The van der Waals surface area contributed by atoms with Crippen molar-refractivity contribution in [2.24, 2.45) is 5.92 Å². The molecular formula is C8H11F3O. The molecule has 0 aromatic rings. The number of allylic oxidation sites excluding steroid dienone is 3. The molecule has 0 amide bonds. The van der Waals surface area contributed by atoms with Crippen LogP contribution < -0.4 is 0 Å². The normalized spacial score (nSPS) is 13.3. The van der Waals surface area contributed by atoms with E-state index in [9.17, 15) is 13.2 Å². The Bertz CT molecular complexity index is 179. The maximum atomic E-state index is 11.7. The van der Waals surface area contributed by atoms with E-state index in [4.69, 9.17) is 0 Å². The molecule has 0 unspecified atom stereocenters. The van der Waals surface area contributed by atoms with E-state index in [0.29, 0.717) is 0 Å². The zero-order valence-electron chi connectivity index (χ0n) is 6.98. The fraction of sp³-hybridized carbons (Fsp3) is 0.500. The molecule has 4 heteroatoms. The van der Waals surface area contributed by atoms with Crippen LogP contribution in [0.4, 0.5) is 13.2 Å². The number of rotatable bonds is 3. The Kier molecular flexibility index (Phi) is 3.86. The molecule has 0 aromatic carbocycles. The Morgan fingerprint density at radius 2 is 1.92 bits per heavy atom. The van der Waals surface area contributed by atoms with Crippen molar-refractivity contribution in [1.82, 2.24) is 0 Å². The molecule has 70 valence electrons. The minimum absolute atomic E-state index is 0.127. The highest BCUT2D eigenvalue weighted by Crippen LogP contribution is 2.24. The Labute approximate surface area is 69.5 Å². The predicted octanol–water partition coefficient (Wildman–Crippen LogP) is 3.25. The quantitative estimate of drug-likeness (QED) is 0.478. The summed E-state index contributed by atoms with van der Waals surface area (Å²) < 4.78 is 38.8. The monoisotopic (exact) mass is 180 g/mol. The van der Waals surface area contributed by atoms with Crippen molar-refractivity contribution in [3.05, 3.63) is 24.5 Å². The summed E-state index contributed by atoms with van der Waals surface area (Å²) in [7, 11) is 0. The van der Waals surface area contributed by atoms with Gasteiger partial charge in [-0.05, 0) is 6.08 Å². The molecule has 12 heavy (non-hydrogen) atoms. The first-order valence-electron chi connectivity index (χ1n) is 3.45. The van der Waals surface area contributed by atoms with Crippen molar-refractivity contribution >= 4 is 0 Å². The van der Waals surface area contributed by atoms with Crippen LogP contribution in [0.1, 0.15) is 13.8 Å². The molecule has 1 nitrogen and oxygen atoms in total. The molecule has 0 aromatic heterocycles. The fourth-order valence-electron chi connectivity index (χ4n) is 0.594. The predicted molar refractivity (Wildman–Crippen MR) is 40.3 cm³/mol. The van der Waals surface area contributed by atoms with E-state index in [1.165, 1.54) is 12.2 Å². The van der Waals surface area contributed by atoms with Gasteiger partial charge in [0.15, 0.2) is 0 Å². The minimum atomic E-state index is -4.61. The number of hydrogen-bond donors (Lipinski definition) is 0. The molecule has 0 saturated carbocycles. The maximum Gasteiger partial charge on any atom is 0.572 e. The first-order chi connectivity index (χ1) is 5.37. The van der Waals surface area contributed by atoms with Gasteiger partial charge in [0.1, 0.15) is 5.76 Å². The summed E-state index contributed by atoms with van der Waals surface area (Å²) in [6.07, 6.45) is -2.14. The Balaban J connectivity index is 4.35. The Hall–Kier alpha value is -0.930. The van der Waals surface area contributed by atoms with Gasteiger partial charge in [0.2, 0.25) is 0 Å². The van der Waals surface area contributed by atoms with Crippen molar-refractivity contribution in [3.63, 3.8) is 0 Å². The van der Waals surface area contributed by atoms with Crippen molar-refractivity contribution in [1.29, 1.82) is 0 Å². The minimum Gasteiger partial charge on any atom is -0.410 e. The summed E-state index contributed by atoms with van der Waals surface area (Å²) in [5.41, 5.74) is 0. The van der Waals surface area contributed by atoms with Gasteiger partial charge >= 0.3 is 6.36 Å². The highest BCUT2D eigenvalue weighted by molar-refractivity contribution is 5.06. The first-order valence-corrected chi connectivity index (χ1v) is 3.45. The molecule has 0 saturated heterocycles. The van der Waals surface area contributed by atoms with Crippen LogP contribution in [0.25, 0.3) is 0 Å². The molecule has 0 bridgehead atoms.